The molecular weight excluding hydrogens is 278 g/mol. The van der Waals surface area contributed by atoms with E-state index in [1.165, 1.54) is 5.56 Å². The van der Waals surface area contributed by atoms with Gasteiger partial charge >= 0.3 is 0 Å². The summed E-state index contributed by atoms with van der Waals surface area (Å²) >= 11 is 0. The van der Waals surface area contributed by atoms with Crippen LogP contribution in [0.15, 0.2) is 24.3 Å². The molecule has 1 heterocycles. The van der Waals surface area contributed by atoms with Gasteiger partial charge in [-0.05, 0) is 37.8 Å². The van der Waals surface area contributed by atoms with E-state index in [0.29, 0.717) is 12.3 Å². The Labute approximate surface area is 131 Å². The van der Waals surface area contributed by atoms with Gasteiger partial charge in [-0.1, -0.05) is 36.8 Å². The maximum absolute atomic E-state index is 11.0. The zero-order valence-electron chi connectivity index (χ0n) is 13.5. The lowest BCUT2D eigenvalue weighted by molar-refractivity contribution is 0.111. The van der Waals surface area contributed by atoms with Crippen molar-refractivity contribution in [1.82, 2.24) is 15.0 Å². The van der Waals surface area contributed by atoms with Gasteiger partial charge in [0.1, 0.15) is 11.4 Å². The van der Waals surface area contributed by atoms with E-state index in [2.05, 4.69) is 17.2 Å². The van der Waals surface area contributed by atoms with E-state index in [4.69, 9.17) is 4.74 Å². The number of carbonyl (C=O) groups is 1. The Morgan fingerprint density at radius 2 is 1.95 bits per heavy atom. The molecule has 0 unspecified atom stereocenters. The van der Waals surface area contributed by atoms with E-state index < -0.39 is 0 Å². The molecule has 5 nitrogen and oxygen atoms in total. The van der Waals surface area contributed by atoms with Crippen LogP contribution < -0.4 is 4.74 Å². The van der Waals surface area contributed by atoms with Gasteiger partial charge in [-0.25, -0.2) is 4.68 Å². The van der Waals surface area contributed by atoms with Gasteiger partial charge in [0.05, 0.1) is 12.3 Å². The third-order valence-electron chi connectivity index (χ3n) is 3.51. The standard InChI is InChI=1S/C17H23N3O2/c1-13(2)17-16(12-21)18-19-20(17)10-4-5-11-22-15-8-6-14(3)7-9-15/h6-9,12-13H,4-5,10-11H2,1-3H3. The van der Waals surface area contributed by atoms with Crippen LogP contribution in [-0.2, 0) is 6.54 Å². The highest BCUT2D eigenvalue weighted by atomic mass is 16.5. The molecule has 0 bridgehead atoms. The molecule has 0 N–H and O–H groups in total. The quantitative estimate of drug-likeness (QED) is 0.554. The molecule has 0 fully saturated rings. The maximum atomic E-state index is 11.0. The van der Waals surface area contributed by atoms with Gasteiger partial charge in [0.25, 0.3) is 0 Å². The first-order valence-corrected chi connectivity index (χ1v) is 7.70. The monoisotopic (exact) mass is 301 g/mol. The normalized spacial score (nSPS) is 10.9. The number of ether oxygens (including phenoxy) is 1. The topological polar surface area (TPSA) is 57.0 Å². The lowest BCUT2D eigenvalue weighted by Gasteiger charge is -2.10. The molecule has 1 aromatic heterocycles. The lowest BCUT2D eigenvalue weighted by atomic mass is 10.1. The van der Waals surface area contributed by atoms with Crippen LogP contribution in [0.25, 0.3) is 0 Å². The number of carbonyl (C=O) groups excluding carboxylic acids is 1. The summed E-state index contributed by atoms with van der Waals surface area (Å²) in [6.07, 6.45) is 2.65. The highest BCUT2D eigenvalue weighted by molar-refractivity contribution is 5.73. The van der Waals surface area contributed by atoms with E-state index in [-0.39, 0.29) is 5.92 Å². The van der Waals surface area contributed by atoms with E-state index in [0.717, 1.165) is 37.1 Å². The summed E-state index contributed by atoms with van der Waals surface area (Å²) in [6.45, 7) is 7.58. The molecule has 0 aliphatic heterocycles. The highest BCUT2D eigenvalue weighted by Gasteiger charge is 2.14. The molecule has 0 aliphatic carbocycles. The van der Waals surface area contributed by atoms with Crippen molar-refractivity contribution in [3.05, 3.63) is 41.2 Å². The van der Waals surface area contributed by atoms with Crippen molar-refractivity contribution in [1.29, 1.82) is 0 Å². The predicted octanol–water partition coefficient (Wildman–Crippen LogP) is 3.38. The molecule has 0 saturated carbocycles. The van der Waals surface area contributed by atoms with Gasteiger partial charge in [-0.15, -0.1) is 5.10 Å². The molecule has 5 heteroatoms. The molecule has 22 heavy (non-hydrogen) atoms. The van der Waals surface area contributed by atoms with Crippen molar-refractivity contribution >= 4 is 6.29 Å². The zero-order chi connectivity index (χ0) is 15.9. The van der Waals surface area contributed by atoms with Crippen molar-refractivity contribution in [3.8, 4) is 5.75 Å². The van der Waals surface area contributed by atoms with Crippen LogP contribution in [-0.4, -0.2) is 27.9 Å². The first kappa shape index (κ1) is 16.2. The average molecular weight is 301 g/mol. The summed E-state index contributed by atoms with van der Waals surface area (Å²) in [7, 11) is 0. The minimum absolute atomic E-state index is 0.235. The Balaban J connectivity index is 1.78. The Bertz CT molecular complexity index is 603. The van der Waals surface area contributed by atoms with Crippen LogP contribution in [0.1, 0.15) is 54.4 Å². The van der Waals surface area contributed by atoms with E-state index in [1.807, 2.05) is 42.8 Å². The van der Waals surface area contributed by atoms with Crippen LogP contribution in [0.2, 0.25) is 0 Å². The molecule has 0 spiro atoms. The van der Waals surface area contributed by atoms with E-state index >= 15 is 0 Å². The van der Waals surface area contributed by atoms with Crippen molar-refractivity contribution in [2.45, 2.75) is 46.1 Å². The van der Waals surface area contributed by atoms with Gasteiger partial charge in [-0.2, -0.15) is 0 Å². The van der Waals surface area contributed by atoms with Gasteiger partial charge < -0.3 is 4.74 Å². The van der Waals surface area contributed by atoms with Crippen LogP contribution in [0.4, 0.5) is 0 Å². The SMILES string of the molecule is Cc1ccc(OCCCCn2nnc(C=O)c2C(C)C)cc1. The second kappa shape index (κ2) is 7.73. The number of benzene rings is 1. The first-order chi connectivity index (χ1) is 10.6. The third-order valence-corrected chi connectivity index (χ3v) is 3.51. The predicted molar refractivity (Wildman–Crippen MR) is 85.4 cm³/mol. The summed E-state index contributed by atoms with van der Waals surface area (Å²) in [5.41, 5.74) is 2.59. The Morgan fingerprint density at radius 3 is 2.59 bits per heavy atom. The van der Waals surface area contributed by atoms with Crippen LogP contribution in [0.3, 0.4) is 0 Å². The molecular formula is C17H23N3O2. The number of aryl methyl sites for hydroxylation is 2. The minimum Gasteiger partial charge on any atom is -0.494 e. The summed E-state index contributed by atoms with van der Waals surface area (Å²) in [5.74, 6) is 1.14. The molecule has 0 saturated heterocycles. The minimum atomic E-state index is 0.235. The fourth-order valence-corrected chi connectivity index (χ4v) is 2.36. The summed E-state index contributed by atoms with van der Waals surface area (Å²) in [4.78, 5) is 11.0. The number of nitrogens with zero attached hydrogens (tertiary/aromatic N) is 3. The largest absolute Gasteiger partial charge is 0.494 e. The van der Waals surface area contributed by atoms with Crippen molar-refractivity contribution in [2.24, 2.45) is 0 Å². The summed E-state index contributed by atoms with van der Waals surface area (Å²) in [6, 6.07) is 8.06. The lowest BCUT2D eigenvalue weighted by Crippen LogP contribution is -2.09. The Hall–Kier alpha value is -2.17. The Kier molecular flexibility index (Phi) is 5.69. The van der Waals surface area contributed by atoms with Crippen LogP contribution >= 0.6 is 0 Å². The Morgan fingerprint density at radius 1 is 1.23 bits per heavy atom. The third kappa shape index (κ3) is 4.16. The second-order valence-electron chi connectivity index (χ2n) is 5.72. The van der Waals surface area contributed by atoms with Crippen LogP contribution in [0.5, 0.6) is 5.75 Å². The number of hydrogen-bond donors (Lipinski definition) is 0. The molecule has 0 radical (unpaired) electrons. The zero-order valence-corrected chi connectivity index (χ0v) is 13.5. The van der Waals surface area contributed by atoms with Crippen molar-refractivity contribution in [3.63, 3.8) is 0 Å². The van der Waals surface area contributed by atoms with E-state index in [9.17, 15) is 4.79 Å². The molecule has 1 aromatic carbocycles. The molecule has 2 aromatic rings. The van der Waals surface area contributed by atoms with Gasteiger partial charge in [0.2, 0.25) is 0 Å². The fourth-order valence-electron chi connectivity index (χ4n) is 2.36. The molecule has 2 rings (SSSR count). The second-order valence-corrected chi connectivity index (χ2v) is 5.72. The number of aldehydes is 1. The molecule has 0 atom stereocenters. The van der Waals surface area contributed by atoms with Crippen molar-refractivity contribution < 1.29 is 9.53 Å². The van der Waals surface area contributed by atoms with Crippen molar-refractivity contribution in [2.75, 3.05) is 6.61 Å². The number of rotatable bonds is 8. The highest BCUT2D eigenvalue weighted by Crippen LogP contribution is 2.17. The fraction of sp³-hybridized carbons (Fsp3) is 0.471. The number of aromatic nitrogens is 3. The first-order valence-electron chi connectivity index (χ1n) is 7.70. The average Bonchev–Trinajstić information content (AvgIpc) is 2.92. The van der Waals surface area contributed by atoms with Gasteiger partial charge in [0, 0.05) is 6.54 Å². The molecule has 118 valence electrons. The smallest absolute Gasteiger partial charge is 0.172 e. The van der Waals surface area contributed by atoms with Gasteiger partial charge in [-0.3, -0.25) is 4.79 Å². The maximum Gasteiger partial charge on any atom is 0.172 e. The van der Waals surface area contributed by atoms with E-state index in [1.54, 1.807) is 0 Å². The number of unbranched alkanes of at least 4 members (excludes halogenated alkanes) is 1. The number of hydrogen-bond acceptors (Lipinski definition) is 4. The molecule has 0 amide bonds. The summed E-state index contributed by atoms with van der Waals surface area (Å²) < 4.78 is 7.54. The van der Waals surface area contributed by atoms with Gasteiger partial charge in [0.15, 0.2) is 6.29 Å². The van der Waals surface area contributed by atoms with Crippen LogP contribution in [0, 0.1) is 6.92 Å². The summed E-state index contributed by atoms with van der Waals surface area (Å²) in [5, 5.41) is 7.99. The molecule has 0 aliphatic rings.